The topological polar surface area (TPSA) is 63.6 Å². The van der Waals surface area contributed by atoms with Crippen LogP contribution in [0.1, 0.15) is 15.9 Å². The number of carboxylic acids is 1. The van der Waals surface area contributed by atoms with Crippen LogP contribution in [0.5, 0.6) is 0 Å². The van der Waals surface area contributed by atoms with Crippen molar-refractivity contribution in [2.75, 3.05) is 11.6 Å². The smallest absolute Gasteiger partial charge is 0.335 e. The summed E-state index contributed by atoms with van der Waals surface area (Å²) >= 11 is 0. The predicted octanol–water partition coefficient (Wildman–Crippen LogP) is 1.25. The van der Waals surface area contributed by atoms with Crippen molar-refractivity contribution in [3.8, 4) is 0 Å². The van der Waals surface area contributed by atoms with Gasteiger partial charge < -0.3 is 15.4 Å². The number of hydroxylamine groups is 1. The number of hydrogen-bond donors (Lipinski definition) is 1. The van der Waals surface area contributed by atoms with Crippen molar-refractivity contribution < 1.29 is 9.90 Å². The number of aromatic carboxylic acids is 1. The van der Waals surface area contributed by atoms with E-state index in [1.807, 2.05) is 0 Å². The van der Waals surface area contributed by atoms with Crippen LogP contribution in [-0.2, 0) is 6.42 Å². The van der Waals surface area contributed by atoms with E-state index in [4.69, 9.17) is 5.11 Å². The highest BCUT2D eigenvalue weighted by Gasteiger charge is 2.14. The molecule has 1 aromatic rings. The molecule has 0 fully saturated rings. The van der Waals surface area contributed by atoms with Gasteiger partial charge in [0, 0.05) is 12.2 Å². The number of nitrogens with zero attached hydrogens (tertiary/aromatic N) is 1. The van der Waals surface area contributed by atoms with Gasteiger partial charge in [0.05, 0.1) is 5.56 Å². The first-order valence-corrected chi connectivity index (χ1v) is 3.99. The fourth-order valence-electron chi connectivity index (χ4n) is 1.50. The van der Waals surface area contributed by atoms with Crippen molar-refractivity contribution in [1.82, 2.24) is 0 Å². The van der Waals surface area contributed by atoms with Crippen LogP contribution in [0.3, 0.4) is 0 Å². The van der Waals surface area contributed by atoms with Crippen LogP contribution in [0.4, 0.5) is 5.69 Å². The zero-order valence-electron chi connectivity index (χ0n) is 6.86. The molecule has 0 unspecified atom stereocenters. The SMILES string of the molecule is O=C(O)c1ccc2c(c1)CCN2[O-]. The molecule has 0 aromatic heterocycles. The normalized spacial score (nSPS) is 14.4. The zero-order chi connectivity index (χ0) is 9.42. The van der Waals surface area contributed by atoms with E-state index in [0.29, 0.717) is 18.7 Å². The third-order valence-electron chi connectivity index (χ3n) is 2.18. The van der Waals surface area contributed by atoms with Crippen LogP contribution in [0.2, 0.25) is 0 Å². The number of carboxylic acid groups (broad SMARTS) is 1. The van der Waals surface area contributed by atoms with E-state index in [2.05, 4.69) is 0 Å². The number of hydrogen-bond acceptors (Lipinski definition) is 3. The molecule has 1 aromatic carbocycles. The second-order valence-electron chi connectivity index (χ2n) is 3.00. The van der Waals surface area contributed by atoms with Crippen molar-refractivity contribution in [1.29, 1.82) is 0 Å². The van der Waals surface area contributed by atoms with Gasteiger partial charge in [-0.25, -0.2) is 4.79 Å². The fourth-order valence-corrected chi connectivity index (χ4v) is 1.50. The molecule has 1 heterocycles. The molecule has 1 aliphatic heterocycles. The Hall–Kier alpha value is -1.55. The van der Waals surface area contributed by atoms with Crippen molar-refractivity contribution >= 4 is 11.7 Å². The molecule has 0 amide bonds. The van der Waals surface area contributed by atoms with Gasteiger partial charge in [0.1, 0.15) is 0 Å². The molecule has 1 N–H and O–H groups in total. The van der Waals surface area contributed by atoms with Gasteiger partial charge in [0.25, 0.3) is 0 Å². The minimum Gasteiger partial charge on any atom is -0.758 e. The second-order valence-corrected chi connectivity index (χ2v) is 3.00. The Balaban J connectivity index is 2.45. The summed E-state index contributed by atoms with van der Waals surface area (Å²) < 4.78 is 0. The van der Waals surface area contributed by atoms with Gasteiger partial charge in [0.2, 0.25) is 0 Å². The molecular formula is C9H8NO3-. The minimum absolute atomic E-state index is 0.244. The van der Waals surface area contributed by atoms with Crippen molar-refractivity contribution in [3.05, 3.63) is 34.5 Å². The van der Waals surface area contributed by atoms with Gasteiger partial charge in [-0.05, 0) is 30.2 Å². The van der Waals surface area contributed by atoms with Crippen molar-refractivity contribution in [2.24, 2.45) is 0 Å². The lowest BCUT2D eigenvalue weighted by Crippen LogP contribution is -2.09. The van der Waals surface area contributed by atoms with E-state index in [1.54, 1.807) is 12.1 Å². The Labute approximate surface area is 75.0 Å². The standard InChI is InChI=1S/C9H8NO3/c11-9(12)7-1-2-8-6(5-7)3-4-10(8)13/h1-2,5H,3-4H2,(H,11,12)/q-1. The summed E-state index contributed by atoms with van der Waals surface area (Å²) in [4.78, 5) is 10.6. The molecule has 1 aliphatic rings. The molecule has 0 atom stereocenters. The summed E-state index contributed by atoms with van der Waals surface area (Å²) in [6.07, 6.45) is 0.639. The Kier molecular flexibility index (Phi) is 1.70. The van der Waals surface area contributed by atoms with Gasteiger partial charge in [-0.3, -0.25) is 0 Å². The van der Waals surface area contributed by atoms with E-state index < -0.39 is 5.97 Å². The highest BCUT2D eigenvalue weighted by Crippen LogP contribution is 2.27. The van der Waals surface area contributed by atoms with E-state index in [9.17, 15) is 10.0 Å². The Morgan fingerprint density at radius 3 is 3.00 bits per heavy atom. The zero-order valence-corrected chi connectivity index (χ0v) is 6.86. The van der Waals surface area contributed by atoms with Crippen LogP contribution in [0.25, 0.3) is 0 Å². The van der Waals surface area contributed by atoms with Gasteiger partial charge in [0.15, 0.2) is 0 Å². The summed E-state index contributed by atoms with van der Waals surface area (Å²) in [6.45, 7) is 0.429. The second kappa shape index (κ2) is 2.74. The molecule has 2 rings (SSSR count). The first-order chi connectivity index (χ1) is 6.18. The minimum atomic E-state index is -0.952. The highest BCUT2D eigenvalue weighted by molar-refractivity contribution is 5.88. The van der Waals surface area contributed by atoms with Gasteiger partial charge in [-0.15, -0.1) is 0 Å². The number of rotatable bonds is 1. The third-order valence-corrected chi connectivity index (χ3v) is 2.18. The maximum absolute atomic E-state index is 11.1. The maximum atomic E-state index is 11.1. The van der Waals surface area contributed by atoms with Gasteiger partial charge in [-0.2, -0.15) is 0 Å². The fraction of sp³-hybridized carbons (Fsp3) is 0.222. The first-order valence-electron chi connectivity index (χ1n) is 3.99. The first kappa shape index (κ1) is 8.07. The molecule has 4 nitrogen and oxygen atoms in total. The molecule has 0 saturated heterocycles. The summed E-state index contributed by atoms with van der Waals surface area (Å²) in [5, 5.41) is 20.7. The average molecular weight is 178 g/mol. The maximum Gasteiger partial charge on any atom is 0.335 e. The highest BCUT2D eigenvalue weighted by atomic mass is 16.5. The van der Waals surface area contributed by atoms with Crippen molar-refractivity contribution in [3.63, 3.8) is 0 Å². The summed E-state index contributed by atoms with van der Waals surface area (Å²) in [6, 6.07) is 4.59. The number of fused-ring (bicyclic) bond motifs is 1. The lowest BCUT2D eigenvalue weighted by Gasteiger charge is -2.24. The van der Waals surface area contributed by atoms with Gasteiger partial charge >= 0.3 is 5.97 Å². The largest absolute Gasteiger partial charge is 0.758 e. The molecule has 13 heavy (non-hydrogen) atoms. The van der Waals surface area contributed by atoms with Crippen LogP contribution in [0.15, 0.2) is 18.2 Å². The molecule has 0 radical (unpaired) electrons. The Morgan fingerprint density at radius 2 is 2.31 bits per heavy atom. The summed E-state index contributed by atoms with van der Waals surface area (Å²) in [5.41, 5.74) is 1.67. The molecule has 0 aliphatic carbocycles. The van der Waals surface area contributed by atoms with Crippen LogP contribution in [0, 0.1) is 5.21 Å². The summed E-state index contributed by atoms with van der Waals surface area (Å²) in [7, 11) is 0. The molecule has 68 valence electrons. The van der Waals surface area contributed by atoms with Crippen molar-refractivity contribution in [2.45, 2.75) is 6.42 Å². The average Bonchev–Trinajstić information content (AvgIpc) is 2.47. The van der Waals surface area contributed by atoms with Gasteiger partial charge in [-0.1, -0.05) is 0 Å². The van der Waals surface area contributed by atoms with Crippen LogP contribution in [-0.4, -0.2) is 17.6 Å². The number of benzene rings is 1. The summed E-state index contributed by atoms with van der Waals surface area (Å²) in [5.74, 6) is -0.952. The number of carbonyl (C=O) groups is 1. The van der Waals surface area contributed by atoms with E-state index >= 15 is 0 Å². The Morgan fingerprint density at radius 1 is 1.54 bits per heavy atom. The molecule has 0 saturated carbocycles. The van der Waals surface area contributed by atoms with Crippen LogP contribution >= 0.6 is 0 Å². The van der Waals surface area contributed by atoms with E-state index in [1.165, 1.54) is 6.07 Å². The van der Waals surface area contributed by atoms with E-state index in [-0.39, 0.29) is 5.56 Å². The third kappa shape index (κ3) is 1.25. The molecular weight excluding hydrogens is 170 g/mol. The monoisotopic (exact) mass is 178 g/mol. The number of anilines is 1. The van der Waals surface area contributed by atoms with E-state index in [0.717, 1.165) is 10.6 Å². The van der Waals surface area contributed by atoms with Crippen LogP contribution < -0.4 is 5.06 Å². The predicted molar refractivity (Wildman–Crippen MR) is 47.8 cm³/mol. The quantitative estimate of drug-likeness (QED) is 0.702. The molecule has 0 spiro atoms. The Bertz CT molecular complexity index is 362. The lowest BCUT2D eigenvalue weighted by atomic mass is 10.1. The molecule has 4 heteroatoms. The lowest BCUT2D eigenvalue weighted by molar-refractivity contribution is 0.0697. The molecule has 0 bridgehead atoms.